The highest BCUT2D eigenvalue weighted by Crippen LogP contribution is 2.44. The number of methoxy groups -OCH3 is 2. The monoisotopic (exact) mass is 914 g/mol. The zero-order valence-corrected chi connectivity index (χ0v) is 40.4. The molecule has 9 aromatic rings. The average molecular weight is 915 g/mol. The number of benzene rings is 6. The van der Waals surface area contributed by atoms with Gasteiger partial charge in [-0.3, -0.25) is 0 Å². The predicted molar refractivity (Wildman–Crippen MR) is 287 cm³/mol. The van der Waals surface area contributed by atoms with E-state index in [2.05, 4.69) is 136 Å². The highest BCUT2D eigenvalue weighted by Gasteiger charge is 2.25. The molecule has 0 saturated heterocycles. The van der Waals surface area contributed by atoms with Gasteiger partial charge in [0.25, 0.3) is 0 Å². The number of ether oxygens (including phenoxy) is 2. The third-order valence-corrected chi connectivity index (χ3v) is 13.8. The molecule has 6 aromatic carbocycles. The third kappa shape index (κ3) is 7.22. The van der Waals surface area contributed by atoms with Crippen molar-refractivity contribution in [2.24, 2.45) is 0 Å². The zero-order valence-electron chi connectivity index (χ0n) is 40.4. The van der Waals surface area contributed by atoms with E-state index in [-0.39, 0.29) is 0 Å². The largest absolute Gasteiger partial charge is 0.465 e. The van der Waals surface area contributed by atoms with Gasteiger partial charge in [-0.05, 0) is 158 Å². The number of hydrogen-bond donors (Lipinski definition) is 2. The standard InChI is InChI=1S/C62H50N4O4/c1-33-29-35(3)53(36(4)30-33)59-49-25-21-45(63-49)57(41-17-9-13-39-15-11-19-43(55(39)41)61(67)69-7)47-23-27-51(65-47)60(54-37(5)31-34(2)32-38(54)6)52-28-24-48(66-52)58(46-22-26-50(59)64-46)42-18-10-14-40-16-12-20-44(56(40)42)62(68)70-8/h9-32,63,66H,1-8H3. The van der Waals surface area contributed by atoms with Gasteiger partial charge in [-0.2, -0.15) is 0 Å². The lowest BCUT2D eigenvalue weighted by molar-refractivity contribution is 0.0594. The van der Waals surface area contributed by atoms with Gasteiger partial charge in [0, 0.05) is 55.1 Å². The van der Waals surface area contributed by atoms with Gasteiger partial charge in [-0.25, -0.2) is 19.6 Å². The topological polar surface area (TPSA) is 110 Å². The second-order valence-corrected chi connectivity index (χ2v) is 18.5. The van der Waals surface area contributed by atoms with E-state index in [1.807, 2.05) is 60.7 Å². The first kappa shape index (κ1) is 43.9. The molecule has 0 aliphatic carbocycles. The number of aryl methyl sites for hydroxylation is 6. The van der Waals surface area contributed by atoms with Crippen LogP contribution in [0.5, 0.6) is 0 Å². The van der Waals surface area contributed by atoms with Crippen LogP contribution in [-0.4, -0.2) is 46.1 Å². The number of esters is 2. The van der Waals surface area contributed by atoms with Crippen molar-refractivity contribution in [3.8, 4) is 44.5 Å². The highest BCUT2D eigenvalue weighted by atomic mass is 16.5. The summed E-state index contributed by atoms with van der Waals surface area (Å²) in [6.45, 7) is 12.9. The molecule has 0 radical (unpaired) electrons. The number of nitrogens with zero attached hydrogens (tertiary/aromatic N) is 2. The molecule has 342 valence electrons. The lowest BCUT2D eigenvalue weighted by Crippen LogP contribution is -2.03. The number of aromatic amines is 2. The van der Waals surface area contributed by atoms with E-state index in [1.54, 1.807) is 0 Å². The summed E-state index contributed by atoms with van der Waals surface area (Å²) >= 11 is 0. The summed E-state index contributed by atoms with van der Waals surface area (Å²) in [7, 11) is 2.84. The van der Waals surface area contributed by atoms with Crippen molar-refractivity contribution in [2.75, 3.05) is 14.2 Å². The number of H-pyrrole nitrogens is 2. The molecule has 0 unspecified atom stereocenters. The molecule has 3 aromatic heterocycles. The second kappa shape index (κ2) is 17.2. The molecule has 70 heavy (non-hydrogen) atoms. The van der Waals surface area contributed by atoms with Crippen molar-refractivity contribution < 1.29 is 19.1 Å². The SMILES string of the molecule is COC(=O)c1cccc2cccc(-c3c4nc(c(-c5c(C)cc(C)cc5C)c5ccc([nH]5)c(-c5cccc6cccc(C(=O)OC)c56)c5nc(c(-c6c(C)cc(C)cc6C)c6ccc3[nH]6)C=C5)C=C4)c12. The van der Waals surface area contributed by atoms with Gasteiger partial charge in [0.2, 0.25) is 0 Å². The first-order chi connectivity index (χ1) is 33.9. The Morgan fingerprint density at radius 2 is 0.714 bits per heavy atom. The molecule has 2 aliphatic heterocycles. The normalized spacial score (nSPS) is 12.0. The molecule has 2 N–H and O–H groups in total. The number of carbonyl (C=O) groups is 2. The summed E-state index contributed by atoms with van der Waals surface area (Å²) in [5.41, 5.74) is 21.4. The Bertz CT molecular complexity index is 3660. The van der Waals surface area contributed by atoms with Gasteiger partial charge >= 0.3 is 11.9 Å². The van der Waals surface area contributed by atoms with Gasteiger partial charge in [0.15, 0.2) is 0 Å². The Hall–Kier alpha value is -8.62. The molecular weight excluding hydrogens is 865 g/mol. The number of nitrogens with one attached hydrogen (secondary N) is 2. The number of fused-ring (bicyclic) bond motifs is 10. The van der Waals surface area contributed by atoms with Crippen molar-refractivity contribution in [1.29, 1.82) is 0 Å². The summed E-state index contributed by atoms with van der Waals surface area (Å²) < 4.78 is 10.8. The minimum atomic E-state index is -0.418. The summed E-state index contributed by atoms with van der Waals surface area (Å²) in [5, 5.41) is 3.35. The Morgan fingerprint density at radius 3 is 1.06 bits per heavy atom. The fourth-order valence-electron chi connectivity index (χ4n) is 11.1. The Balaban J connectivity index is 1.38. The average Bonchev–Trinajstić information content (AvgIpc) is 4.20. The van der Waals surface area contributed by atoms with Crippen LogP contribution >= 0.6 is 0 Å². The molecule has 8 bridgehead atoms. The fourth-order valence-corrected chi connectivity index (χ4v) is 11.1. The molecule has 0 spiro atoms. The molecule has 0 fully saturated rings. The molecule has 8 nitrogen and oxygen atoms in total. The highest BCUT2D eigenvalue weighted by molar-refractivity contribution is 6.15. The number of hydrogen-bond acceptors (Lipinski definition) is 6. The van der Waals surface area contributed by atoms with Crippen LogP contribution in [0.1, 0.15) is 76.9 Å². The van der Waals surface area contributed by atoms with Gasteiger partial charge in [0.05, 0.1) is 48.1 Å². The van der Waals surface area contributed by atoms with Gasteiger partial charge < -0.3 is 19.4 Å². The maximum Gasteiger partial charge on any atom is 0.338 e. The van der Waals surface area contributed by atoms with Crippen LogP contribution in [0.3, 0.4) is 0 Å². The van der Waals surface area contributed by atoms with Crippen LogP contribution in [0, 0.1) is 41.5 Å². The summed E-state index contributed by atoms with van der Waals surface area (Å²) in [6, 6.07) is 41.0. The van der Waals surface area contributed by atoms with E-state index >= 15 is 0 Å². The first-order valence-corrected chi connectivity index (χ1v) is 23.5. The number of aromatic nitrogens is 4. The fraction of sp³-hybridized carbons (Fsp3) is 0.129. The minimum absolute atomic E-state index is 0.418. The lowest BCUT2D eigenvalue weighted by atomic mass is 9.92. The molecular formula is C62H50N4O4. The van der Waals surface area contributed by atoms with Crippen LogP contribution in [0.2, 0.25) is 0 Å². The number of rotatable bonds is 6. The number of carbonyl (C=O) groups excluding carboxylic acids is 2. The second-order valence-electron chi connectivity index (χ2n) is 18.5. The summed E-state index contributed by atoms with van der Waals surface area (Å²) in [6.07, 6.45) is 8.35. The molecule has 2 aliphatic rings. The maximum atomic E-state index is 13.6. The van der Waals surface area contributed by atoms with E-state index in [4.69, 9.17) is 19.4 Å². The van der Waals surface area contributed by atoms with E-state index in [0.29, 0.717) is 11.1 Å². The zero-order chi connectivity index (χ0) is 48.5. The van der Waals surface area contributed by atoms with Crippen LogP contribution < -0.4 is 0 Å². The molecule has 5 heterocycles. The van der Waals surface area contributed by atoms with Crippen molar-refractivity contribution in [1.82, 2.24) is 19.9 Å². The van der Waals surface area contributed by atoms with Gasteiger partial charge in [-0.15, -0.1) is 0 Å². The molecule has 8 heteroatoms. The lowest BCUT2D eigenvalue weighted by Gasteiger charge is -2.14. The van der Waals surface area contributed by atoms with E-state index < -0.39 is 11.9 Å². The van der Waals surface area contributed by atoms with E-state index in [9.17, 15) is 9.59 Å². The Morgan fingerprint density at radius 1 is 0.400 bits per heavy atom. The first-order valence-electron chi connectivity index (χ1n) is 23.5. The van der Waals surface area contributed by atoms with Gasteiger partial charge in [0.1, 0.15) is 0 Å². The van der Waals surface area contributed by atoms with Gasteiger partial charge in [-0.1, -0.05) is 96.1 Å². The van der Waals surface area contributed by atoms with Crippen LogP contribution in [0.15, 0.2) is 121 Å². The summed E-state index contributed by atoms with van der Waals surface area (Å²) in [5.74, 6) is -0.835. The maximum absolute atomic E-state index is 13.6. The predicted octanol–water partition coefficient (Wildman–Crippen LogP) is 15.1. The van der Waals surface area contributed by atoms with E-state index in [1.165, 1.54) is 25.3 Å². The van der Waals surface area contributed by atoms with Crippen molar-refractivity contribution in [3.05, 3.63) is 189 Å². The molecule has 0 saturated carbocycles. The minimum Gasteiger partial charge on any atom is -0.465 e. The van der Waals surface area contributed by atoms with E-state index in [0.717, 1.165) is 133 Å². The Kier molecular flexibility index (Phi) is 10.8. The molecule has 0 atom stereocenters. The summed E-state index contributed by atoms with van der Waals surface area (Å²) in [4.78, 5) is 46.2. The van der Waals surface area contributed by atoms with Crippen molar-refractivity contribution in [2.45, 2.75) is 41.5 Å². The van der Waals surface area contributed by atoms with Crippen molar-refractivity contribution >= 4 is 79.9 Å². The smallest absolute Gasteiger partial charge is 0.338 e. The molecule has 0 amide bonds. The molecule has 11 rings (SSSR count). The Labute approximate surface area is 406 Å². The third-order valence-electron chi connectivity index (χ3n) is 13.8. The van der Waals surface area contributed by atoms with Crippen LogP contribution in [0.25, 0.3) is 112 Å². The quantitative estimate of drug-likeness (QED) is 0.161. The van der Waals surface area contributed by atoms with Crippen molar-refractivity contribution in [3.63, 3.8) is 0 Å². The van der Waals surface area contributed by atoms with Crippen LogP contribution in [-0.2, 0) is 9.47 Å². The van der Waals surface area contributed by atoms with Crippen LogP contribution in [0.4, 0.5) is 0 Å².